The summed E-state index contributed by atoms with van der Waals surface area (Å²) in [5.74, 6) is 0.774. The van der Waals surface area contributed by atoms with Crippen molar-refractivity contribution in [3.05, 3.63) is 45.7 Å². The van der Waals surface area contributed by atoms with Gasteiger partial charge in [0.1, 0.15) is 5.15 Å². The Kier molecular flexibility index (Phi) is 2.83. The highest BCUT2D eigenvalue weighted by Crippen LogP contribution is 2.31. The van der Waals surface area contributed by atoms with Crippen LogP contribution in [0.1, 0.15) is 28.8 Å². The summed E-state index contributed by atoms with van der Waals surface area (Å²) in [5, 5.41) is 0.634. The lowest BCUT2D eigenvalue weighted by Gasteiger charge is -2.10. The Morgan fingerprint density at radius 1 is 1.06 bits per heavy atom. The summed E-state index contributed by atoms with van der Waals surface area (Å²) in [6.45, 7) is 4.18. The molecule has 1 heterocycles. The summed E-state index contributed by atoms with van der Waals surface area (Å²) in [4.78, 5) is 9.20. The number of hydrogen-bond donors (Lipinski definition) is 0. The van der Waals surface area contributed by atoms with E-state index in [1.54, 1.807) is 0 Å². The van der Waals surface area contributed by atoms with E-state index in [2.05, 4.69) is 37.0 Å². The molecule has 1 aliphatic rings. The number of halogens is 1. The molecule has 18 heavy (non-hydrogen) atoms. The van der Waals surface area contributed by atoms with Crippen LogP contribution in [0.3, 0.4) is 0 Å². The number of aryl methyl sites for hydroxylation is 3. The zero-order chi connectivity index (χ0) is 12.7. The zero-order valence-corrected chi connectivity index (χ0v) is 11.4. The second kappa shape index (κ2) is 4.36. The number of nitrogens with zero attached hydrogens (tertiary/aromatic N) is 2. The molecule has 3 rings (SSSR count). The molecule has 0 N–H and O–H groups in total. The molecule has 0 bridgehead atoms. The molecule has 92 valence electrons. The Bertz CT molecular complexity index is 600. The van der Waals surface area contributed by atoms with E-state index in [0.29, 0.717) is 5.15 Å². The highest BCUT2D eigenvalue weighted by Gasteiger charge is 2.19. The molecule has 1 aromatic heterocycles. The molecule has 2 nitrogen and oxygen atoms in total. The monoisotopic (exact) mass is 258 g/mol. The summed E-state index contributed by atoms with van der Waals surface area (Å²) >= 11 is 6.28. The predicted octanol–water partition coefficient (Wildman–Crippen LogP) is 3.90. The first-order valence-electron chi connectivity index (χ1n) is 6.28. The molecule has 0 aliphatic heterocycles. The Morgan fingerprint density at radius 3 is 2.50 bits per heavy atom. The molecule has 1 aromatic carbocycles. The van der Waals surface area contributed by atoms with Crippen molar-refractivity contribution in [1.29, 1.82) is 0 Å². The Balaban J connectivity index is 2.21. The minimum atomic E-state index is 0.634. The fraction of sp³-hybridized carbons (Fsp3) is 0.333. The van der Waals surface area contributed by atoms with Gasteiger partial charge in [0, 0.05) is 16.8 Å². The van der Waals surface area contributed by atoms with E-state index < -0.39 is 0 Å². The highest BCUT2D eigenvalue weighted by molar-refractivity contribution is 6.30. The van der Waals surface area contributed by atoms with Gasteiger partial charge in [-0.3, -0.25) is 0 Å². The lowest BCUT2D eigenvalue weighted by molar-refractivity contribution is 0.900. The molecule has 3 heteroatoms. The summed E-state index contributed by atoms with van der Waals surface area (Å²) in [6, 6.07) is 6.24. The van der Waals surface area contributed by atoms with Crippen molar-refractivity contribution < 1.29 is 0 Å². The van der Waals surface area contributed by atoms with Gasteiger partial charge in [0.05, 0.1) is 0 Å². The Hall–Kier alpha value is -1.41. The molecule has 0 amide bonds. The van der Waals surface area contributed by atoms with Crippen molar-refractivity contribution in [3.8, 4) is 11.4 Å². The first-order valence-corrected chi connectivity index (χ1v) is 6.66. The fourth-order valence-corrected chi connectivity index (χ4v) is 2.95. The summed E-state index contributed by atoms with van der Waals surface area (Å²) < 4.78 is 0. The van der Waals surface area contributed by atoms with Crippen molar-refractivity contribution in [2.75, 3.05) is 0 Å². The third-order valence-corrected chi connectivity index (χ3v) is 3.90. The van der Waals surface area contributed by atoms with Crippen molar-refractivity contribution in [2.24, 2.45) is 0 Å². The van der Waals surface area contributed by atoms with Gasteiger partial charge in [-0.1, -0.05) is 29.8 Å². The number of benzene rings is 1. The lowest BCUT2D eigenvalue weighted by atomic mass is 10.0. The average molecular weight is 259 g/mol. The van der Waals surface area contributed by atoms with Crippen LogP contribution in [0, 0.1) is 13.8 Å². The van der Waals surface area contributed by atoms with Gasteiger partial charge in [0.25, 0.3) is 0 Å². The van der Waals surface area contributed by atoms with Crippen LogP contribution in [0.15, 0.2) is 18.2 Å². The quantitative estimate of drug-likeness (QED) is 0.725. The first-order chi connectivity index (χ1) is 8.66. The van der Waals surface area contributed by atoms with Crippen LogP contribution < -0.4 is 0 Å². The van der Waals surface area contributed by atoms with E-state index in [9.17, 15) is 0 Å². The van der Waals surface area contributed by atoms with E-state index in [1.165, 1.54) is 11.1 Å². The van der Waals surface area contributed by atoms with Crippen LogP contribution in [-0.2, 0) is 12.8 Å². The summed E-state index contributed by atoms with van der Waals surface area (Å²) in [5.41, 5.74) is 5.79. The van der Waals surface area contributed by atoms with E-state index in [1.807, 2.05) is 0 Å². The molecular formula is C15H15ClN2. The molecule has 1 aliphatic carbocycles. The molecule has 0 atom stereocenters. The highest BCUT2D eigenvalue weighted by atomic mass is 35.5. The van der Waals surface area contributed by atoms with Crippen molar-refractivity contribution in [1.82, 2.24) is 9.97 Å². The fourth-order valence-electron chi connectivity index (χ4n) is 2.67. The number of rotatable bonds is 1. The lowest BCUT2D eigenvalue weighted by Crippen LogP contribution is -2.00. The normalized spacial score (nSPS) is 13.7. The molecule has 0 spiro atoms. The minimum absolute atomic E-state index is 0.634. The van der Waals surface area contributed by atoms with Crippen molar-refractivity contribution in [3.63, 3.8) is 0 Å². The van der Waals surface area contributed by atoms with Gasteiger partial charge < -0.3 is 0 Å². The molecule has 0 fully saturated rings. The van der Waals surface area contributed by atoms with Crippen LogP contribution in [0.5, 0.6) is 0 Å². The van der Waals surface area contributed by atoms with Gasteiger partial charge in [-0.2, -0.15) is 0 Å². The van der Waals surface area contributed by atoms with Crippen LogP contribution in [-0.4, -0.2) is 9.97 Å². The molecule has 0 saturated heterocycles. The predicted molar refractivity (Wildman–Crippen MR) is 74.0 cm³/mol. The Labute approximate surface area is 112 Å². The SMILES string of the molecule is Cc1cccc(C)c1-c1nc(Cl)c2c(n1)CCC2. The smallest absolute Gasteiger partial charge is 0.161 e. The molecule has 0 saturated carbocycles. The maximum atomic E-state index is 6.28. The number of aromatic nitrogens is 2. The van der Waals surface area contributed by atoms with Crippen LogP contribution in [0.2, 0.25) is 5.15 Å². The van der Waals surface area contributed by atoms with E-state index in [0.717, 1.165) is 41.9 Å². The van der Waals surface area contributed by atoms with Gasteiger partial charge in [-0.15, -0.1) is 0 Å². The number of fused-ring (bicyclic) bond motifs is 1. The topological polar surface area (TPSA) is 25.8 Å². The van der Waals surface area contributed by atoms with Gasteiger partial charge in [-0.05, 0) is 44.2 Å². The molecule has 2 aromatic rings. The number of hydrogen-bond acceptors (Lipinski definition) is 2. The maximum absolute atomic E-state index is 6.28. The zero-order valence-electron chi connectivity index (χ0n) is 10.6. The molecular weight excluding hydrogens is 244 g/mol. The van der Waals surface area contributed by atoms with Gasteiger partial charge in [0.15, 0.2) is 5.82 Å². The van der Waals surface area contributed by atoms with E-state index in [-0.39, 0.29) is 0 Å². The second-order valence-corrected chi connectivity index (χ2v) is 5.24. The van der Waals surface area contributed by atoms with Gasteiger partial charge >= 0.3 is 0 Å². The first kappa shape index (κ1) is 11.7. The third-order valence-electron chi connectivity index (χ3n) is 3.59. The largest absolute Gasteiger partial charge is 0.233 e. The summed E-state index contributed by atoms with van der Waals surface area (Å²) in [6.07, 6.45) is 3.18. The van der Waals surface area contributed by atoms with Gasteiger partial charge in [0.2, 0.25) is 0 Å². The minimum Gasteiger partial charge on any atom is -0.233 e. The summed E-state index contributed by atoms with van der Waals surface area (Å²) in [7, 11) is 0. The Morgan fingerprint density at radius 2 is 1.78 bits per heavy atom. The van der Waals surface area contributed by atoms with Crippen LogP contribution in [0.4, 0.5) is 0 Å². The van der Waals surface area contributed by atoms with Gasteiger partial charge in [-0.25, -0.2) is 9.97 Å². The van der Waals surface area contributed by atoms with Crippen LogP contribution in [0.25, 0.3) is 11.4 Å². The maximum Gasteiger partial charge on any atom is 0.161 e. The average Bonchev–Trinajstić information content (AvgIpc) is 2.77. The van der Waals surface area contributed by atoms with E-state index in [4.69, 9.17) is 16.6 Å². The standard InChI is InChI=1S/C15H15ClN2/c1-9-5-3-6-10(2)13(9)15-17-12-8-4-7-11(12)14(16)18-15/h3,5-6H,4,7-8H2,1-2H3. The molecule has 0 radical (unpaired) electrons. The van der Waals surface area contributed by atoms with E-state index >= 15 is 0 Å². The second-order valence-electron chi connectivity index (χ2n) is 4.88. The molecule has 0 unspecified atom stereocenters. The van der Waals surface area contributed by atoms with Crippen molar-refractivity contribution in [2.45, 2.75) is 33.1 Å². The third kappa shape index (κ3) is 1.81. The van der Waals surface area contributed by atoms with Crippen molar-refractivity contribution >= 4 is 11.6 Å². The van der Waals surface area contributed by atoms with Crippen LogP contribution >= 0.6 is 11.6 Å².